The lowest BCUT2D eigenvalue weighted by Gasteiger charge is -2.08. The van der Waals surface area contributed by atoms with Crippen LogP contribution in [0.3, 0.4) is 0 Å². The molecule has 2 aromatic heterocycles. The lowest BCUT2D eigenvalue weighted by atomic mass is 10.1. The van der Waals surface area contributed by atoms with Crippen molar-refractivity contribution in [3.63, 3.8) is 0 Å². The van der Waals surface area contributed by atoms with Gasteiger partial charge < -0.3 is 9.47 Å². The van der Waals surface area contributed by atoms with Crippen molar-refractivity contribution in [2.45, 2.75) is 0 Å². The van der Waals surface area contributed by atoms with Crippen LogP contribution in [0.4, 0.5) is 5.13 Å². The molecule has 2 aromatic carbocycles. The first-order valence-corrected chi connectivity index (χ1v) is 9.26. The number of carbonyl (C=O) groups is 1. The monoisotopic (exact) mass is 392 g/mol. The lowest BCUT2D eigenvalue weighted by Crippen LogP contribution is -2.11. The fourth-order valence-electron chi connectivity index (χ4n) is 2.74. The molecule has 7 nitrogen and oxygen atoms in total. The average Bonchev–Trinajstić information content (AvgIpc) is 3.21. The summed E-state index contributed by atoms with van der Waals surface area (Å²) in [5.41, 5.74) is 3.38. The number of ether oxygens (including phenoxy) is 2. The first-order valence-electron chi connectivity index (χ1n) is 8.38. The zero-order valence-electron chi connectivity index (χ0n) is 15.2. The largest absolute Gasteiger partial charge is 0.497 e. The van der Waals surface area contributed by atoms with Crippen LogP contribution in [0.1, 0.15) is 10.4 Å². The molecule has 0 aliphatic heterocycles. The first kappa shape index (κ1) is 17.9. The highest BCUT2D eigenvalue weighted by Gasteiger charge is 2.14. The van der Waals surface area contributed by atoms with Crippen LogP contribution in [0, 0.1) is 0 Å². The number of carbonyl (C=O) groups excluding carboxylic acids is 1. The number of nitrogens with one attached hydrogen (secondary N) is 1. The topological polar surface area (TPSA) is 86.2 Å². The summed E-state index contributed by atoms with van der Waals surface area (Å²) < 4.78 is 10.7. The minimum absolute atomic E-state index is 0.258. The third-order valence-corrected chi connectivity index (χ3v) is 4.90. The molecule has 0 fully saturated rings. The summed E-state index contributed by atoms with van der Waals surface area (Å²) in [5, 5.41) is 5.18. The number of methoxy groups -OCH3 is 2. The standard InChI is InChI=1S/C20H16N4O3S/c1-26-13-4-6-18(27-2)14(10-13)17-11-28-20(23-17)24-19(25)12-3-5-15-16(9-12)22-8-7-21-15/h3-11H,1-2H3,(H,23,24,25). The Hall–Kier alpha value is -3.52. The molecule has 2 heterocycles. The molecule has 140 valence electrons. The van der Waals surface area contributed by atoms with Gasteiger partial charge in [0.15, 0.2) is 5.13 Å². The van der Waals surface area contributed by atoms with Crippen LogP contribution < -0.4 is 14.8 Å². The van der Waals surface area contributed by atoms with E-state index in [1.54, 1.807) is 44.8 Å². The van der Waals surface area contributed by atoms with Crippen molar-refractivity contribution in [3.05, 3.63) is 59.7 Å². The predicted molar refractivity (Wildman–Crippen MR) is 108 cm³/mol. The van der Waals surface area contributed by atoms with Crippen LogP contribution in [0.25, 0.3) is 22.3 Å². The second-order valence-corrected chi connectivity index (χ2v) is 6.68. The van der Waals surface area contributed by atoms with E-state index in [1.807, 2.05) is 23.6 Å². The van der Waals surface area contributed by atoms with Crippen molar-refractivity contribution < 1.29 is 14.3 Å². The van der Waals surface area contributed by atoms with Crippen molar-refractivity contribution in [2.24, 2.45) is 0 Å². The summed E-state index contributed by atoms with van der Waals surface area (Å²) in [4.78, 5) is 25.5. The maximum absolute atomic E-state index is 12.6. The molecular weight excluding hydrogens is 376 g/mol. The molecule has 0 aliphatic carbocycles. The molecular formula is C20H16N4O3S. The molecule has 4 rings (SSSR count). The molecule has 0 saturated heterocycles. The van der Waals surface area contributed by atoms with Gasteiger partial charge in [0.05, 0.1) is 30.9 Å². The molecule has 0 atom stereocenters. The predicted octanol–water partition coefficient (Wildman–Crippen LogP) is 4.02. The van der Waals surface area contributed by atoms with Gasteiger partial charge in [-0.3, -0.25) is 20.1 Å². The SMILES string of the molecule is COc1ccc(OC)c(-c2csc(NC(=O)c3ccc4nccnc4c3)n2)c1. The van der Waals surface area contributed by atoms with E-state index in [-0.39, 0.29) is 5.91 Å². The van der Waals surface area contributed by atoms with Crippen LogP contribution in [-0.2, 0) is 0 Å². The average molecular weight is 392 g/mol. The summed E-state index contributed by atoms with van der Waals surface area (Å²) in [6.07, 6.45) is 3.21. The molecule has 0 aliphatic rings. The zero-order valence-corrected chi connectivity index (χ0v) is 16.0. The summed E-state index contributed by atoms with van der Waals surface area (Å²) >= 11 is 1.34. The van der Waals surface area contributed by atoms with Crippen molar-refractivity contribution in [3.8, 4) is 22.8 Å². The van der Waals surface area contributed by atoms with Crippen LogP contribution in [-0.4, -0.2) is 35.1 Å². The quantitative estimate of drug-likeness (QED) is 0.552. The van der Waals surface area contributed by atoms with Gasteiger partial charge >= 0.3 is 0 Å². The molecule has 0 bridgehead atoms. The highest BCUT2D eigenvalue weighted by Crippen LogP contribution is 2.35. The van der Waals surface area contributed by atoms with Crippen LogP contribution >= 0.6 is 11.3 Å². The number of hydrogen-bond donors (Lipinski definition) is 1. The Bertz CT molecular complexity index is 1160. The van der Waals surface area contributed by atoms with Gasteiger partial charge in [0, 0.05) is 28.9 Å². The second-order valence-electron chi connectivity index (χ2n) is 5.82. The fraction of sp³-hybridized carbons (Fsp3) is 0.100. The molecule has 0 saturated carbocycles. The Morgan fingerprint density at radius 2 is 1.82 bits per heavy atom. The number of nitrogens with zero attached hydrogens (tertiary/aromatic N) is 3. The zero-order chi connectivity index (χ0) is 19.5. The fourth-order valence-corrected chi connectivity index (χ4v) is 3.45. The summed E-state index contributed by atoms with van der Waals surface area (Å²) in [5.74, 6) is 1.12. The molecule has 0 radical (unpaired) electrons. The smallest absolute Gasteiger partial charge is 0.257 e. The number of anilines is 1. The molecule has 1 N–H and O–H groups in total. The van der Waals surface area contributed by atoms with Crippen molar-refractivity contribution in [1.82, 2.24) is 15.0 Å². The van der Waals surface area contributed by atoms with Gasteiger partial charge in [-0.15, -0.1) is 11.3 Å². The van der Waals surface area contributed by atoms with Gasteiger partial charge in [0.2, 0.25) is 0 Å². The number of amides is 1. The van der Waals surface area contributed by atoms with Crippen LogP contribution in [0.5, 0.6) is 11.5 Å². The van der Waals surface area contributed by atoms with Gasteiger partial charge in [-0.1, -0.05) is 0 Å². The first-order chi connectivity index (χ1) is 13.7. The summed E-state index contributed by atoms with van der Waals surface area (Å²) in [6.45, 7) is 0. The van der Waals surface area contributed by atoms with Crippen molar-refractivity contribution in [2.75, 3.05) is 19.5 Å². The molecule has 28 heavy (non-hydrogen) atoms. The van der Waals surface area contributed by atoms with Gasteiger partial charge in [-0.2, -0.15) is 0 Å². The minimum atomic E-state index is -0.258. The van der Waals surface area contributed by atoms with E-state index in [0.717, 1.165) is 11.1 Å². The number of fused-ring (bicyclic) bond motifs is 1. The molecule has 0 spiro atoms. The Balaban J connectivity index is 1.58. The summed E-state index contributed by atoms with van der Waals surface area (Å²) in [7, 11) is 3.20. The van der Waals surface area contributed by atoms with Crippen LogP contribution in [0.15, 0.2) is 54.2 Å². The highest BCUT2D eigenvalue weighted by atomic mass is 32.1. The van der Waals surface area contributed by atoms with Crippen molar-refractivity contribution in [1.29, 1.82) is 0 Å². The molecule has 0 unspecified atom stereocenters. The van der Waals surface area contributed by atoms with Gasteiger partial charge in [-0.05, 0) is 36.4 Å². The third-order valence-electron chi connectivity index (χ3n) is 4.14. The van der Waals surface area contributed by atoms with E-state index in [0.29, 0.717) is 33.4 Å². The molecule has 4 aromatic rings. The third kappa shape index (κ3) is 3.49. The van der Waals surface area contributed by atoms with E-state index < -0.39 is 0 Å². The lowest BCUT2D eigenvalue weighted by molar-refractivity contribution is 0.102. The van der Waals surface area contributed by atoms with Gasteiger partial charge in [-0.25, -0.2) is 4.98 Å². The maximum atomic E-state index is 12.6. The van der Waals surface area contributed by atoms with E-state index in [4.69, 9.17) is 9.47 Å². The van der Waals surface area contributed by atoms with E-state index in [2.05, 4.69) is 20.3 Å². The van der Waals surface area contributed by atoms with Crippen molar-refractivity contribution >= 4 is 33.4 Å². The Morgan fingerprint density at radius 3 is 2.61 bits per heavy atom. The van der Waals surface area contributed by atoms with E-state index in [1.165, 1.54) is 11.3 Å². The number of benzene rings is 2. The second kappa shape index (κ2) is 7.61. The maximum Gasteiger partial charge on any atom is 0.257 e. The van der Waals surface area contributed by atoms with E-state index in [9.17, 15) is 4.79 Å². The Kier molecular flexibility index (Phi) is 4.86. The molecule has 1 amide bonds. The normalized spacial score (nSPS) is 10.6. The Labute approximate surface area is 165 Å². The minimum Gasteiger partial charge on any atom is -0.497 e. The Morgan fingerprint density at radius 1 is 1.00 bits per heavy atom. The van der Waals surface area contributed by atoms with Gasteiger partial charge in [0.1, 0.15) is 11.5 Å². The van der Waals surface area contributed by atoms with Crippen LogP contribution in [0.2, 0.25) is 0 Å². The summed E-state index contributed by atoms with van der Waals surface area (Å²) in [6, 6.07) is 10.7. The number of thiazole rings is 1. The molecule has 8 heteroatoms. The van der Waals surface area contributed by atoms with E-state index >= 15 is 0 Å². The highest BCUT2D eigenvalue weighted by molar-refractivity contribution is 7.14. The number of rotatable bonds is 5. The number of hydrogen-bond acceptors (Lipinski definition) is 7. The number of aromatic nitrogens is 3. The van der Waals surface area contributed by atoms with Gasteiger partial charge in [0.25, 0.3) is 5.91 Å².